The number of benzene rings is 1. The Morgan fingerprint density at radius 1 is 1.18 bits per heavy atom. The molecule has 0 aromatic heterocycles. The van der Waals surface area contributed by atoms with E-state index in [1.54, 1.807) is 24.3 Å². The number of halogens is 3. The maximum atomic E-state index is 11.9. The van der Waals surface area contributed by atoms with Gasteiger partial charge in [-0.1, -0.05) is 26.0 Å². The summed E-state index contributed by atoms with van der Waals surface area (Å²) in [5.74, 6) is 0.232. The molecule has 0 spiro atoms. The first-order chi connectivity index (χ1) is 7.87. The topological polar surface area (TPSA) is 21.3 Å². The van der Waals surface area contributed by atoms with Crippen molar-refractivity contribution in [1.29, 1.82) is 0 Å². The molecule has 1 aromatic rings. The normalized spacial score (nSPS) is 11.9. The summed E-state index contributed by atoms with van der Waals surface area (Å²) in [6.45, 7) is 3.50. The second kappa shape index (κ2) is 5.91. The Morgan fingerprint density at radius 2 is 1.76 bits per heavy atom. The van der Waals surface area contributed by atoms with Crippen molar-refractivity contribution in [3.8, 4) is 5.75 Å². The van der Waals surface area contributed by atoms with E-state index in [2.05, 4.69) is 10.1 Å². The minimum atomic E-state index is -4.29. The summed E-state index contributed by atoms with van der Waals surface area (Å²) < 4.78 is 40.3. The van der Waals surface area contributed by atoms with E-state index in [9.17, 15) is 13.2 Å². The van der Waals surface area contributed by atoms with Gasteiger partial charge in [0.1, 0.15) is 5.75 Å². The molecule has 0 radical (unpaired) electrons. The van der Waals surface area contributed by atoms with Crippen LogP contribution in [0.3, 0.4) is 0 Å². The molecule has 5 heteroatoms. The number of nitrogens with one attached hydrogen (secondary N) is 1. The van der Waals surface area contributed by atoms with Gasteiger partial charge in [-0.2, -0.15) is 13.2 Å². The molecule has 0 saturated carbocycles. The molecule has 0 amide bonds. The van der Waals surface area contributed by atoms with Gasteiger partial charge in [-0.15, -0.1) is 0 Å². The lowest BCUT2D eigenvalue weighted by Gasteiger charge is -2.10. The van der Waals surface area contributed by atoms with Crippen LogP contribution in [-0.2, 0) is 6.54 Å². The third-order valence-corrected chi connectivity index (χ3v) is 2.04. The minimum absolute atomic E-state index is 0.232. The van der Waals surface area contributed by atoms with Crippen LogP contribution in [-0.4, -0.2) is 18.8 Å². The van der Waals surface area contributed by atoms with Crippen molar-refractivity contribution in [2.45, 2.75) is 32.6 Å². The Morgan fingerprint density at radius 3 is 2.24 bits per heavy atom. The van der Waals surface area contributed by atoms with Crippen molar-refractivity contribution < 1.29 is 17.9 Å². The van der Waals surface area contributed by atoms with Gasteiger partial charge in [0.25, 0.3) is 0 Å². The van der Waals surface area contributed by atoms with E-state index in [-0.39, 0.29) is 5.75 Å². The Balaban J connectivity index is 2.45. The molecule has 0 aliphatic rings. The average Bonchev–Trinajstić information content (AvgIpc) is 2.24. The van der Waals surface area contributed by atoms with Gasteiger partial charge in [-0.05, 0) is 17.7 Å². The molecule has 0 fully saturated rings. The zero-order chi connectivity index (χ0) is 12.9. The maximum absolute atomic E-state index is 11.9. The number of rotatable bonds is 5. The van der Waals surface area contributed by atoms with Gasteiger partial charge in [0.2, 0.25) is 0 Å². The van der Waals surface area contributed by atoms with Gasteiger partial charge < -0.3 is 10.1 Å². The van der Waals surface area contributed by atoms with Crippen LogP contribution >= 0.6 is 0 Å². The lowest BCUT2D eigenvalue weighted by Crippen LogP contribution is -2.21. The Kier molecular flexibility index (Phi) is 4.81. The minimum Gasteiger partial charge on any atom is -0.484 e. The first-order valence-electron chi connectivity index (χ1n) is 5.39. The summed E-state index contributed by atoms with van der Waals surface area (Å²) in [7, 11) is 0. The van der Waals surface area contributed by atoms with Crippen molar-refractivity contribution in [3.63, 3.8) is 0 Å². The fourth-order valence-electron chi connectivity index (χ4n) is 1.19. The van der Waals surface area contributed by atoms with Crippen molar-refractivity contribution in [1.82, 2.24) is 5.32 Å². The predicted molar refractivity (Wildman–Crippen MR) is 60.0 cm³/mol. The fourth-order valence-corrected chi connectivity index (χ4v) is 1.19. The van der Waals surface area contributed by atoms with Gasteiger partial charge in [-0.25, -0.2) is 0 Å². The highest BCUT2D eigenvalue weighted by Gasteiger charge is 2.28. The highest BCUT2D eigenvalue weighted by Crippen LogP contribution is 2.18. The van der Waals surface area contributed by atoms with Crippen LogP contribution in [0.2, 0.25) is 0 Å². The lowest BCUT2D eigenvalue weighted by atomic mass is 10.2. The molecule has 1 N–H and O–H groups in total. The Labute approximate surface area is 98.8 Å². The second-order valence-electron chi connectivity index (χ2n) is 4.08. The zero-order valence-corrected chi connectivity index (χ0v) is 9.84. The monoisotopic (exact) mass is 247 g/mol. The van der Waals surface area contributed by atoms with Gasteiger partial charge in [-0.3, -0.25) is 0 Å². The first-order valence-corrected chi connectivity index (χ1v) is 5.39. The smallest absolute Gasteiger partial charge is 0.422 e. The van der Waals surface area contributed by atoms with E-state index in [1.807, 2.05) is 13.8 Å². The molecule has 0 aliphatic heterocycles. The molecule has 0 unspecified atom stereocenters. The fraction of sp³-hybridized carbons (Fsp3) is 0.500. The van der Waals surface area contributed by atoms with E-state index in [0.29, 0.717) is 12.6 Å². The standard InChI is InChI=1S/C12H16F3NO/c1-9(2)16-7-10-3-5-11(6-4-10)17-8-12(13,14)15/h3-6,9,16H,7-8H2,1-2H3. The molecule has 0 saturated heterocycles. The van der Waals surface area contributed by atoms with Crippen LogP contribution in [0.5, 0.6) is 5.75 Å². The van der Waals surface area contributed by atoms with Crippen molar-refractivity contribution in [2.75, 3.05) is 6.61 Å². The van der Waals surface area contributed by atoms with E-state index < -0.39 is 12.8 Å². The van der Waals surface area contributed by atoms with Crippen molar-refractivity contribution in [2.24, 2.45) is 0 Å². The number of hydrogen-bond acceptors (Lipinski definition) is 2. The highest BCUT2D eigenvalue weighted by molar-refractivity contribution is 5.27. The molecule has 0 aliphatic carbocycles. The van der Waals surface area contributed by atoms with Gasteiger partial charge in [0, 0.05) is 12.6 Å². The second-order valence-corrected chi connectivity index (χ2v) is 4.08. The SMILES string of the molecule is CC(C)NCc1ccc(OCC(F)(F)F)cc1. The van der Waals surface area contributed by atoms with Crippen LogP contribution < -0.4 is 10.1 Å². The third kappa shape index (κ3) is 6.16. The number of alkyl halides is 3. The molecule has 0 bridgehead atoms. The molecule has 0 atom stereocenters. The third-order valence-electron chi connectivity index (χ3n) is 2.04. The van der Waals surface area contributed by atoms with Crippen LogP contribution in [0.15, 0.2) is 24.3 Å². The first kappa shape index (κ1) is 13.8. The summed E-state index contributed by atoms with van der Waals surface area (Å²) in [5, 5.41) is 3.22. The molecule has 2 nitrogen and oxygen atoms in total. The average molecular weight is 247 g/mol. The largest absolute Gasteiger partial charge is 0.484 e. The summed E-state index contributed by atoms with van der Waals surface area (Å²) in [6, 6.07) is 6.96. The van der Waals surface area contributed by atoms with E-state index in [0.717, 1.165) is 5.56 Å². The van der Waals surface area contributed by atoms with E-state index in [4.69, 9.17) is 0 Å². The molecule has 0 heterocycles. The summed E-state index contributed by atoms with van der Waals surface area (Å²) in [4.78, 5) is 0. The predicted octanol–water partition coefficient (Wildman–Crippen LogP) is 3.13. The van der Waals surface area contributed by atoms with Gasteiger partial charge in [0.05, 0.1) is 0 Å². The summed E-state index contributed by atoms with van der Waals surface area (Å²) in [5.41, 5.74) is 1.01. The molecular formula is C12H16F3NO. The van der Waals surface area contributed by atoms with Crippen LogP contribution in [0, 0.1) is 0 Å². The van der Waals surface area contributed by atoms with Crippen molar-refractivity contribution in [3.05, 3.63) is 29.8 Å². The molecular weight excluding hydrogens is 231 g/mol. The summed E-state index contributed by atoms with van der Waals surface area (Å²) in [6.07, 6.45) is -4.29. The van der Waals surface area contributed by atoms with Crippen LogP contribution in [0.1, 0.15) is 19.4 Å². The Hall–Kier alpha value is -1.23. The summed E-state index contributed by atoms with van der Waals surface area (Å²) >= 11 is 0. The zero-order valence-electron chi connectivity index (χ0n) is 9.84. The number of hydrogen-bond donors (Lipinski definition) is 1. The van der Waals surface area contributed by atoms with Gasteiger partial charge in [0.15, 0.2) is 6.61 Å². The molecule has 17 heavy (non-hydrogen) atoms. The van der Waals surface area contributed by atoms with Crippen LogP contribution in [0.25, 0.3) is 0 Å². The van der Waals surface area contributed by atoms with Crippen molar-refractivity contribution >= 4 is 0 Å². The van der Waals surface area contributed by atoms with Gasteiger partial charge >= 0.3 is 6.18 Å². The molecule has 1 rings (SSSR count). The molecule has 96 valence electrons. The maximum Gasteiger partial charge on any atom is 0.422 e. The van der Waals surface area contributed by atoms with E-state index in [1.165, 1.54) is 0 Å². The van der Waals surface area contributed by atoms with Crippen LogP contribution in [0.4, 0.5) is 13.2 Å². The lowest BCUT2D eigenvalue weighted by molar-refractivity contribution is -0.153. The quantitative estimate of drug-likeness (QED) is 0.863. The number of ether oxygens (including phenoxy) is 1. The van der Waals surface area contributed by atoms with E-state index >= 15 is 0 Å². The Bertz CT molecular complexity index is 333. The highest BCUT2D eigenvalue weighted by atomic mass is 19.4. The molecule has 1 aromatic carbocycles.